The van der Waals surface area contributed by atoms with Crippen molar-refractivity contribution in [3.05, 3.63) is 55.6 Å². The minimum absolute atomic E-state index is 0.00749. The van der Waals surface area contributed by atoms with E-state index in [2.05, 4.69) is 16.1 Å². The molecule has 1 aliphatic rings. The van der Waals surface area contributed by atoms with Gasteiger partial charge in [-0.2, -0.15) is 5.26 Å². The summed E-state index contributed by atoms with van der Waals surface area (Å²) >= 11 is 0. The molecular formula is C23H28N6O3. The number of hydrogen-bond acceptors (Lipinski definition) is 6. The molecule has 0 atom stereocenters. The van der Waals surface area contributed by atoms with E-state index in [1.807, 2.05) is 24.5 Å². The highest BCUT2D eigenvalue weighted by Gasteiger charge is 2.28. The number of piperidine rings is 1. The summed E-state index contributed by atoms with van der Waals surface area (Å²) in [4.78, 5) is 29.0. The van der Waals surface area contributed by atoms with Crippen LogP contribution in [-0.2, 0) is 20.1 Å². The van der Waals surface area contributed by atoms with E-state index >= 15 is 0 Å². The topological polar surface area (TPSA) is 102 Å². The van der Waals surface area contributed by atoms with Crippen LogP contribution >= 0.6 is 0 Å². The van der Waals surface area contributed by atoms with E-state index in [0.29, 0.717) is 34.6 Å². The van der Waals surface area contributed by atoms with Crippen LogP contribution < -0.4 is 16.1 Å². The zero-order valence-corrected chi connectivity index (χ0v) is 19.0. The van der Waals surface area contributed by atoms with Crippen LogP contribution in [0, 0.1) is 18.3 Å². The number of rotatable bonds is 5. The molecule has 0 amide bonds. The molecule has 0 N–H and O–H groups in total. The van der Waals surface area contributed by atoms with Crippen LogP contribution in [0.25, 0.3) is 11.0 Å². The molecule has 0 aromatic carbocycles. The highest BCUT2D eigenvalue weighted by molar-refractivity contribution is 5.90. The number of hydrogen-bond donors (Lipinski definition) is 0. The molecule has 0 radical (unpaired) electrons. The summed E-state index contributed by atoms with van der Waals surface area (Å²) in [5.41, 5.74) is 1.83. The van der Waals surface area contributed by atoms with Crippen LogP contribution in [0.2, 0.25) is 0 Å². The molecule has 0 spiro atoms. The fourth-order valence-corrected chi connectivity index (χ4v) is 4.41. The van der Waals surface area contributed by atoms with Gasteiger partial charge in [-0.15, -0.1) is 0 Å². The second-order valence-corrected chi connectivity index (χ2v) is 8.61. The smallest absolute Gasteiger partial charge is 0.331 e. The van der Waals surface area contributed by atoms with Gasteiger partial charge >= 0.3 is 5.69 Å². The first-order valence-electron chi connectivity index (χ1n) is 10.9. The molecule has 4 rings (SSSR count). The van der Waals surface area contributed by atoms with Crippen molar-refractivity contribution in [1.29, 1.82) is 5.26 Å². The monoisotopic (exact) mass is 436 g/mol. The van der Waals surface area contributed by atoms with E-state index < -0.39 is 11.2 Å². The lowest BCUT2D eigenvalue weighted by molar-refractivity contribution is 0.388. The number of nitrogens with zero attached hydrogens (tertiary/aromatic N) is 6. The summed E-state index contributed by atoms with van der Waals surface area (Å²) < 4.78 is 9.59. The fourth-order valence-electron chi connectivity index (χ4n) is 4.41. The van der Waals surface area contributed by atoms with Gasteiger partial charge in [-0.3, -0.25) is 13.9 Å². The van der Waals surface area contributed by atoms with Crippen molar-refractivity contribution < 1.29 is 4.52 Å². The third-order valence-electron chi connectivity index (χ3n) is 5.96. The lowest BCUT2D eigenvalue weighted by atomic mass is 10.1. The second kappa shape index (κ2) is 8.54. The molecule has 9 nitrogen and oxygen atoms in total. The van der Waals surface area contributed by atoms with E-state index in [1.165, 1.54) is 9.13 Å². The van der Waals surface area contributed by atoms with Gasteiger partial charge < -0.3 is 14.0 Å². The number of allylic oxidation sites excluding steroid dienone is 2. The van der Waals surface area contributed by atoms with E-state index in [4.69, 9.17) is 4.52 Å². The Balaban J connectivity index is 2.04. The normalized spacial score (nSPS) is 14.0. The molecule has 3 aromatic rings. The van der Waals surface area contributed by atoms with Crippen molar-refractivity contribution >= 4 is 16.9 Å². The van der Waals surface area contributed by atoms with Crippen LogP contribution in [0.15, 0.2) is 31.8 Å². The number of aromatic nitrogens is 4. The lowest BCUT2D eigenvalue weighted by Crippen LogP contribution is -2.40. The fraction of sp³-hybridized carbons (Fsp3) is 0.478. The standard InChI is InChI=1S/C23H28N6O3/c1-15(2)8-11-28-20-19(18(13-24)21(28)27-9-6-5-7-10-27)26(4)23(31)29(22(20)30)14-17-12-16(3)32-25-17/h8,12H,5-7,9-11,14H2,1-4H3. The average molecular weight is 437 g/mol. The van der Waals surface area contributed by atoms with Gasteiger partial charge in [0.1, 0.15) is 34.4 Å². The highest BCUT2D eigenvalue weighted by Crippen LogP contribution is 2.32. The van der Waals surface area contributed by atoms with Crippen LogP contribution in [-0.4, -0.2) is 31.9 Å². The predicted octanol–water partition coefficient (Wildman–Crippen LogP) is 2.67. The maximum Gasteiger partial charge on any atom is 0.331 e. The van der Waals surface area contributed by atoms with Gasteiger partial charge in [0.15, 0.2) is 0 Å². The van der Waals surface area contributed by atoms with Crippen LogP contribution in [0.4, 0.5) is 5.82 Å². The van der Waals surface area contributed by atoms with Gasteiger partial charge in [0, 0.05) is 32.7 Å². The number of fused-ring (bicyclic) bond motifs is 1. The summed E-state index contributed by atoms with van der Waals surface area (Å²) in [6, 6.07) is 4.00. The Bertz CT molecular complexity index is 1350. The zero-order chi connectivity index (χ0) is 23.0. The number of nitriles is 1. The van der Waals surface area contributed by atoms with E-state index in [-0.39, 0.29) is 6.54 Å². The van der Waals surface area contributed by atoms with Crippen molar-refractivity contribution in [2.75, 3.05) is 18.0 Å². The largest absolute Gasteiger partial charge is 0.361 e. The third kappa shape index (κ3) is 3.66. The Kier molecular flexibility index (Phi) is 5.78. The Labute approximate surface area is 185 Å². The first-order valence-corrected chi connectivity index (χ1v) is 10.9. The average Bonchev–Trinajstić information content (AvgIpc) is 3.34. The van der Waals surface area contributed by atoms with Crippen LogP contribution in [0.5, 0.6) is 0 Å². The van der Waals surface area contributed by atoms with Crippen molar-refractivity contribution in [3.8, 4) is 6.07 Å². The molecule has 9 heteroatoms. The molecule has 1 fully saturated rings. The predicted molar refractivity (Wildman–Crippen MR) is 122 cm³/mol. The molecule has 0 unspecified atom stereocenters. The van der Waals surface area contributed by atoms with Crippen LogP contribution in [0.3, 0.4) is 0 Å². The maximum absolute atomic E-state index is 13.7. The maximum atomic E-state index is 13.7. The molecule has 1 aliphatic heterocycles. The molecule has 0 saturated carbocycles. The van der Waals surface area contributed by atoms with Crippen LogP contribution in [0.1, 0.15) is 50.1 Å². The lowest BCUT2D eigenvalue weighted by Gasteiger charge is -2.30. The summed E-state index contributed by atoms with van der Waals surface area (Å²) in [5.74, 6) is 1.33. The second-order valence-electron chi connectivity index (χ2n) is 8.61. The molecule has 0 aliphatic carbocycles. The number of anilines is 1. The quantitative estimate of drug-likeness (QED) is 0.570. The Morgan fingerprint density at radius 1 is 1.19 bits per heavy atom. The summed E-state index contributed by atoms with van der Waals surface area (Å²) in [6.07, 6.45) is 5.24. The van der Waals surface area contributed by atoms with E-state index in [9.17, 15) is 14.9 Å². The molecule has 32 heavy (non-hydrogen) atoms. The summed E-state index contributed by atoms with van der Waals surface area (Å²) in [5, 5.41) is 14.0. The van der Waals surface area contributed by atoms with E-state index in [1.54, 1.807) is 20.0 Å². The minimum atomic E-state index is -0.482. The minimum Gasteiger partial charge on any atom is -0.361 e. The Morgan fingerprint density at radius 2 is 1.91 bits per heavy atom. The summed E-state index contributed by atoms with van der Waals surface area (Å²) in [6.45, 7) is 7.85. The molecule has 3 aromatic heterocycles. The molecular weight excluding hydrogens is 408 g/mol. The molecule has 4 heterocycles. The highest BCUT2D eigenvalue weighted by atomic mass is 16.5. The Morgan fingerprint density at radius 3 is 2.50 bits per heavy atom. The van der Waals surface area contributed by atoms with Gasteiger partial charge in [-0.1, -0.05) is 16.8 Å². The third-order valence-corrected chi connectivity index (χ3v) is 5.96. The SMILES string of the molecule is CC(C)=CCn1c(N2CCCCC2)c(C#N)c2c1c(=O)n(Cc1cc(C)on1)c(=O)n2C. The van der Waals surface area contributed by atoms with Gasteiger partial charge in [-0.25, -0.2) is 4.79 Å². The summed E-state index contributed by atoms with van der Waals surface area (Å²) in [7, 11) is 1.61. The van der Waals surface area contributed by atoms with Gasteiger partial charge in [0.2, 0.25) is 0 Å². The van der Waals surface area contributed by atoms with Crippen molar-refractivity contribution in [3.63, 3.8) is 0 Å². The van der Waals surface area contributed by atoms with Crippen molar-refractivity contribution in [2.45, 2.75) is 53.1 Å². The van der Waals surface area contributed by atoms with Crippen molar-refractivity contribution in [2.24, 2.45) is 7.05 Å². The Hall–Kier alpha value is -3.54. The van der Waals surface area contributed by atoms with Gasteiger partial charge in [-0.05, 0) is 40.0 Å². The molecule has 0 bridgehead atoms. The first-order chi connectivity index (χ1) is 15.3. The van der Waals surface area contributed by atoms with E-state index in [0.717, 1.165) is 43.7 Å². The molecule has 168 valence electrons. The number of aryl methyl sites for hydroxylation is 2. The zero-order valence-electron chi connectivity index (χ0n) is 19.0. The van der Waals surface area contributed by atoms with Gasteiger partial charge in [0.05, 0.1) is 12.1 Å². The van der Waals surface area contributed by atoms with Crippen molar-refractivity contribution in [1.82, 2.24) is 18.9 Å². The first kappa shape index (κ1) is 21.7. The molecule has 1 saturated heterocycles. The van der Waals surface area contributed by atoms with Gasteiger partial charge in [0.25, 0.3) is 5.56 Å².